The van der Waals surface area contributed by atoms with Gasteiger partial charge in [0.25, 0.3) is 0 Å². The molecule has 0 aliphatic carbocycles. The van der Waals surface area contributed by atoms with Crippen molar-refractivity contribution in [3.05, 3.63) is 46.6 Å². The number of thiocarbonyl (C=S) groups is 1. The first-order valence-electron chi connectivity index (χ1n) is 8.00. The molecule has 0 radical (unpaired) electrons. The van der Waals surface area contributed by atoms with Gasteiger partial charge in [0.15, 0.2) is 10.9 Å². The maximum absolute atomic E-state index is 5.92. The number of aromatic nitrogens is 2. The van der Waals surface area contributed by atoms with Crippen molar-refractivity contribution in [1.29, 1.82) is 0 Å². The summed E-state index contributed by atoms with van der Waals surface area (Å²) in [5, 5.41) is 12.1. The summed E-state index contributed by atoms with van der Waals surface area (Å²) in [5.74, 6) is 0.740. The van der Waals surface area contributed by atoms with Gasteiger partial charge in [0.2, 0.25) is 0 Å². The lowest BCUT2D eigenvalue weighted by Gasteiger charge is -2.08. The van der Waals surface area contributed by atoms with Crippen LogP contribution in [0.1, 0.15) is 24.6 Å². The third kappa shape index (κ3) is 6.11. The minimum atomic E-state index is 0.572. The van der Waals surface area contributed by atoms with Crippen LogP contribution in [0.15, 0.2) is 30.3 Å². The highest BCUT2D eigenvalue weighted by Crippen LogP contribution is 2.14. The second-order valence-electron chi connectivity index (χ2n) is 5.39. The van der Waals surface area contributed by atoms with E-state index in [1.165, 1.54) is 0 Å². The first-order valence-corrected chi connectivity index (χ1v) is 8.78. The molecule has 0 spiro atoms. The number of halogens is 1. The fraction of sp³-hybridized carbons (Fsp3) is 0.412. The number of aryl methyl sites for hydroxylation is 1. The molecule has 0 unspecified atom stereocenters. The molecule has 1 aromatic carbocycles. The van der Waals surface area contributed by atoms with E-state index in [-0.39, 0.29) is 0 Å². The van der Waals surface area contributed by atoms with Crippen molar-refractivity contribution in [3.63, 3.8) is 0 Å². The second kappa shape index (κ2) is 9.61. The Hall–Kier alpha value is -1.63. The zero-order chi connectivity index (χ0) is 17.4. The molecule has 5 nitrogen and oxygen atoms in total. The third-order valence-electron chi connectivity index (χ3n) is 3.42. The van der Waals surface area contributed by atoms with E-state index in [2.05, 4.69) is 15.7 Å². The first kappa shape index (κ1) is 18.7. The number of anilines is 1. The highest BCUT2D eigenvalue weighted by Gasteiger charge is 2.06. The second-order valence-corrected chi connectivity index (χ2v) is 6.23. The fourth-order valence-corrected chi connectivity index (χ4v) is 2.51. The van der Waals surface area contributed by atoms with Gasteiger partial charge in [-0.15, -0.1) is 0 Å². The summed E-state index contributed by atoms with van der Waals surface area (Å²) in [7, 11) is 0. The largest absolute Gasteiger partial charge is 0.382 e. The summed E-state index contributed by atoms with van der Waals surface area (Å²) in [6, 6.07) is 9.75. The number of nitrogens with zero attached hydrogens (tertiary/aromatic N) is 2. The van der Waals surface area contributed by atoms with Gasteiger partial charge >= 0.3 is 0 Å². The minimum Gasteiger partial charge on any atom is -0.382 e. The predicted octanol–water partition coefficient (Wildman–Crippen LogP) is 3.61. The quantitative estimate of drug-likeness (QED) is 0.552. The van der Waals surface area contributed by atoms with E-state index in [0.29, 0.717) is 11.7 Å². The van der Waals surface area contributed by atoms with Gasteiger partial charge in [-0.25, -0.2) is 0 Å². The van der Waals surface area contributed by atoms with Crippen molar-refractivity contribution in [2.24, 2.45) is 0 Å². The summed E-state index contributed by atoms with van der Waals surface area (Å²) in [5.41, 5.74) is 2.21. The number of hydrogen-bond donors (Lipinski definition) is 2. The minimum absolute atomic E-state index is 0.572. The van der Waals surface area contributed by atoms with Crippen LogP contribution in [0.5, 0.6) is 0 Å². The van der Waals surface area contributed by atoms with Crippen LogP contribution < -0.4 is 10.6 Å². The van der Waals surface area contributed by atoms with Crippen LogP contribution in [0.4, 0.5) is 5.82 Å². The highest BCUT2D eigenvalue weighted by molar-refractivity contribution is 7.80. The van der Waals surface area contributed by atoms with E-state index in [9.17, 15) is 0 Å². The molecule has 7 heteroatoms. The zero-order valence-electron chi connectivity index (χ0n) is 14.0. The molecule has 0 aliphatic heterocycles. The lowest BCUT2D eigenvalue weighted by Crippen LogP contribution is -2.30. The van der Waals surface area contributed by atoms with Crippen LogP contribution in [0.3, 0.4) is 0 Å². The summed E-state index contributed by atoms with van der Waals surface area (Å²) >= 11 is 11.2. The summed E-state index contributed by atoms with van der Waals surface area (Å²) < 4.78 is 7.22. The van der Waals surface area contributed by atoms with Crippen LogP contribution in [0.2, 0.25) is 5.02 Å². The van der Waals surface area contributed by atoms with Crippen LogP contribution in [0, 0.1) is 6.92 Å². The molecule has 0 amide bonds. The number of hydrogen-bond acceptors (Lipinski definition) is 3. The molecule has 1 heterocycles. The summed E-state index contributed by atoms with van der Waals surface area (Å²) in [6.07, 6.45) is 0.916. The van der Waals surface area contributed by atoms with Crippen molar-refractivity contribution < 1.29 is 4.74 Å². The monoisotopic (exact) mass is 366 g/mol. The van der Waals surface area contributed by atoms with E-state index in [1.54, 1.807) is 0 Å². The molecule has 1 aromatic heterocycles. The third-order valence-corrected chi connectivity index (χ3v) is 3.92. The van der Waals surface area contributed by atoms with Gasteiger partial charge in [-0.3, -0.25) is 4.68 Å². The number of rotatable bonds is 8. The van der Waals surface area contributed by atoms with Crippen LogP contribution >= 0.6 is 23.8 Å². The number of nitrogens with one attached hydrogen (secondary N) is 2. The normalized spacial score (nSPS) is 10.6. The Morgan fingerprint density at radius 1 is 1.33 bits per heavy atom. The smallest absolute Gasteiger partial charge is 0.171 e. The summed E-state index contributed by atoms with van der Waals surface area (Å²) in [4.78, 5) is 0. The molecule has 24 heavy (non-hydrogen) atoms. The highest BCUT2D eigenvalue weighted by atomic mass is 35.5. The summed E-state index contributed by atoms with van der Waals surface area (Å²) in [6.45, 7) is 6.96. The van der Waals surface area contributed by atoms with Gasteiger partial charge in [-0.1, -0.05) is 23.7 Å². The van der Waals surface area contributed by atoms with Crippen molar-refractivity contribution in [1.82, 2.24) is 15.1 Å². The van der Waals surface area contributed by atoms with Gasteiger partial charge in [0, 0.05) is 36.5 Å². The fourth-order valence-electron chi connectivity index (χ4n) is 2.18. The molecule has 0 fully saturated rings. The van der Waals surface area contributed by atoms with E-state index in [0.717, 1.165) is 48.3 Å². The van der Waals surface area contributed by atoms with Gasteiger partial charge in [0.1, 0.15) is 0 Å². The van der Waals surface area contributed by atoms with E-state index in [4.69, 9.17) is 28.6 Å². The predicted molar refractivity (Wildman–Crippen MR) is 103 cm³/mol. The molecule has 0 saturated heterocycles. The first-order chi connectivity index (χ1) is 11.6. The Labute approximate surface area is 153 Å². The van der Waals surface area contributed by atoms with E-state index >= 15 is 0 Å². The van der Waals surface area contributed by atoms with Crippen molar-refractivity contribution >= 4 is 34.7 Å². The molecule has 2 aromatic rings. The maximum Gasteiger partial charge on any atom is 0.171 e. The van der Waals surface area contributed by atoms with E-state index in [1.807, 2.05) is 48.9 Å². The molecular formula is C17H23ClN4OS. The number of benzene rings is 1. The van der Waals surface area contributed by atoms with Crippen LogP contribution in [0.25, 0.3) is 0 Å². The Bertz CT molecular complexity index is 657. The van der Waals surface area contributed by atoms with Gasteiger partial charge in [-0.05, 0) is 50.2 Å². The topological polar surface area (TPSA) is 51.1 Å². The van der Waals surface area contributed by atoms with Crippen LogP contribution in [-0.4, -0.2) is 34.7 Å². The molecule has 0 bridgehead atoms. The average molecular weight is 367 g/mol. The van der Waals surface area contributed by atoms with Gasteiger partial charge in [-0.2, -0.15) is 5.10 Å². The maximum atomic E-state index is 5.92. The Kier molecular flexibility index (Phi) is 7.49. The van der Waals surface area contributed by atoms with Crippen molar-refractivity contribution in [3.8, 4) is 0 Å². The zero-order valence-corrected chi connectivity index (χ0v) is 15.6. The molecule has 0 saturated carbocycles. The van der Waals surface area contributed by atoms with Crippen LogP contribution in [-0.2, 0) is 11.3 Å². The molecule has 2 rings (SSSR count). The molecule has 0 atom stereocenters. The molecule has 130 valence electrons. The Morgan fingerprint density at radius 3 is 2.79 bits per heavy atom. The van der Waals surface area contributed by atoms with E-state index < -0.39 is 0 Å². The Balaban J connectivity index is 1.84. The SMILES string of the molecule is CCOCCCNC(=S)Nc1cc(C)n(Cc2ccc(Cl)cc2)n1. The number of ether oxygens (including phenoxy) is 1. The molecule has 0 aliphatic rings. The molecule has 2 N–H and O–H groups in total. The Morgan fingerprint density at radius 2 is 2.08 bits per heavy atom. The standard InChI is InChI=1S/C17H23ClN4OS/c1-3-23-10-4-9-19-17(24)20-16-11-13(2)22(21-16)12-14-5-7-15(18)8-6-14/h5-8,11H,3-4,9-10,12H2,1-2H3,(H2,19,20,21,24). The average Bonchev–Trinajstić information content (AvgIpc) is 2.88. The molecular weight excluding hydrogens is 344 g/mol. The lowest BCUT2D eigenvalue weighted by atomic mass is 10.2. The van der Waals surface area contributed by atoms with Crippen molar-refractivity contribution in [2.45, 2.75) is 26.8 Å². The lowest BCUT2D eigenvalue weighted by molar-refractivity contribution is 0.146. The van der Waals surface area contributed by atoms with Crippen molar-refractivity contribution in [2.75, 3.05) is 25.1 Å². The van der Waals surface area contributed by atoms with Gasteiger partial charge in [0.05, 0.1) is 6.54 Å². The van der Waals surface area contributed by atoms with Gasteiger partial charge < -0.3 is 15.4 Å².